The normalized spacial score (nSPS) is 18.3. The molecule has 1 N–H and O–H groups in total. The smallest absolute Gasteiger partial charge is 0.244 e. The summed E-state index contributed by atoms with van der Waals surface area (Å²) in [4.78, 5) is 19.2. The molecule has 3 heterocycles. The van der Waals surface area contributed by atoms with Gasteiger partial charge in [-0.25, -0.2) is 9.67 Å². The highest BCUT2D eigenvalue weighted by Gasteiger charge is 2.23. The molecule has 0 spiro atoms. The van der Waals surface area contributed by atoms with Crippen molar-refractivity contribution in [1.82, 2.24) is 20.1 Å². The molecule has 184 valence electrons. The number of aryl methyl sites for hydroxylation is 2. The summed E-state index contributed by atoms with van der Waals surface area (Å²) >= 11 is 6.56. The topological polar surface area (TPSA) is 72.3 Å². The van der Waals surface area contributed by atoms with Crippen LogP contribution < -0.4 is 10.2 Å². The minimum atomic E-state index is -0.202. The Hall–Kier alpha value is -3.16. The van der Waals surface area contributed by atoms with Gasteiger partial charge in [0.05, 0.1) is 24.4 Å². The van der Waals surface area contributed by atoms with Crippen molar-refractivity contribution in [3.8, 4) is 0 Å². The van der Waals surface area contributed by atoms with Crippen molar-refractivity contribution in [3.63, 3.8) is 0 Å². The van der Waals surface area contributed by atoms with Crippen molar-refractivity contribution >= 4 is 29.4 Å². The van der Waals surface area contributed by atoms with Crippen LogP contribution in [0.2, 0.25) is 5.15 Å². The van der Waals surface area contributed by atoms with Gasteiger partial charge in [-0.1, -0.05) is 47.5 Å². The van der Waals surface area contributed by atoms with Gasteiger partial charge >= 0.3 is 0 Å². The number of hydrogen-bond acceptors (Lipinski definition) is 5. The van der Waals surface area contributed by atoms with Crippen LogP contribution in [0.15, 0.2) is 48.7 Å². The van der Waals surface area contributed by atoms with Crippen LogP contribution in [0.4, 0.5) is 5.82 Å². The van der Waals surface area contributed by atoms with Crippen LogP contribution in [0.1, 0.15) is 41.8 Å². The van der Waals surface area contributed by atoms with Gasteiger partial charge < -0.3 is 15.0 Å². The summed E-state index contributed by atoms with van der Waals surface area (Å²) < 4.78 is 7.54. The van der Waals surface area contributed by atoms with Crippen LogP contribution >= 0.6 is 11.6 Å². The van der Waals surface area contributed by atoms with Crippen molar-refractivity contribution in [2.24, 2.45) is 0 Å². The molecule has 0 bridgehead atoms. The predicted molar refractivity (Wildman–Crippen MR) is 140 cm³/mol. The van der Waals surface area contributed by atoms with E-state index in [4.69, 9.17) is 16.3 Å². The molecule has 8 heteroatoms. The van der Waals surface area contributed by atoms with Crippen molar-refractivity contribution in [1.29, 1.82) is 0 Å². The minimum Gasteiger partial charge on any atom is -0.372 e. The molecule has 2 atom stereocenters. The molecule has 2 unspecified atom stereocenters. The van der Waals surface area contributed by atoms with Crippen LogP contribution in [0.3, 0.4) is 0 Å². The second-order valence-electron chi connectivity index (χ2n) is 9.17. The Kier molecular flexibility index (Phi) is 7.88. The van der Waals surface area contributed by atoms with Crippen LogP contribution in [0.25, 0.3) is 6.08 Å². The molecule has 0 saturated carbocycles. The van der Waals surface area contributed by atoms with Crippen molar-refractivity contribution in [3.05, 3.63) is 81.8 Å². The number of halogens is 1. The molecule has 0 aliphatic carbocycles. The van der Waals surface area contributed by atoms with E-state index in [1.54, 1.807) is 17.0 Å². The molecule has 1 saturated heterocycles. The summed E-state index contributed by atoms with van der Waals surface area (Å²) in [5.74, 6) is 0.724. The lowest BCUT2D eigenvalue weighted by atomic mass is 10.1. The highest BCUT2D eigenvalue weighted by molar-refractivity contribution is 6.31. The monoisotopic (exact) mass is 493 g/mol. The number of pyridine rings is 1. The van der Waals surface area contributed by atoms with E-state index in [1.165, 1.54) is 11.6 Å². The fourth-order valence-corrected chi connectivity index (χ4v) is 4.51. The number of ether oxygens (including phenoxy) is 1. The van der Waals surface area contributed by atoms with E-state index in [1.807, 2.05) is 19.1 Å². The lowest BCUT2D eigenvalue weighted by Gasteiger charge is -2.36. The number of anilines is 1. The van der Waals surface area contributed by atoms with Gasteiger partial charge in [0, 0.05) is 37.5 Å². The summed E-state index contributed by atoms with van der Waals surface area (Å²) in [5.41, 5.74) is 4.78. The number of carbonyl (C=O) groups is 1. The number of nitrogens with one attached hydrogen (secondary N) is 1. The molecular weight excluding hydrogens is 462 g/mol. The van der Waals surface area contributed by atoms with E-state index < -0.39 is 0 Å². The quantitative estimate of drug-likeness (QED) is 0.489. The van der Waals surface area contributed by atoms with Crippen LogP contribution in [-0.4, -0.2) is 46.0 Å². The third-order valence-electron chi connectivity index (χ3n) is 5.98. The molecule has 2 aromatic heterocycles. The van der Waals surface area contributed by atoms with Gasteiger partial charge in [0.15, 0.2) is 0 Å². The van der Waals surface area contributed by atoms with Gasteiger partial charge in [-0.15, -0.1) is 0 Å². The average molecular weight is 494 g/mol. The molecule has 7 nitrogen and oxygen atoms in total. The molecule has 1 aliphatic rings. The second-order valence-corrected chi connectivity index (χ2v) is 9.53. The first-order valence-electron chi connectivity index (χ1n) is 11.9. The van der Waals surface area contributed by atoms with E-state index in [2.05, 4.69) is 65.3 Å². The Balaban J connectivity index is 1.32. The van der Waals surface area contributed by atoms with Gasteiger partial charge in [0.2, 0.25) is 5.91 Å². The van der Waals surface area contributed by atoms with E-state index in [-0.39, 0.29) is 18.1 Å². The van der Waals surface area contributed by atoms with Gasteiger partial charge in [-0.3, -0.25) is 4.79 Å². The number of aromatic nitrogens is 3. The lowest BCUT2D eigenvalue weighted by Crippen LogP contribution is -2.45. The molecule has 1 amide bonds. The minimum absolute atomic E-state index is 0.179. The average Bonchev–Trinajstić information content (AvgIpc) is 3.09. The maximum absolute atomic E-state index is 12.4. The molecule has 4 rings (SSSR count). The first-order chi connectivity index (χ1) is 16.8. The molecular formula is C27H32ClN5O2. The SMILES string of the molecule is Cc1ccc(Cn2nc(C)c(C=CC(=O)NCc3ccc(N4CC(C)OC(C)C4)nc3)c2Cl)cc1. The van der Waals surface area contributed by atoms with Crippen LogP contribution in [0, 0.1) is 13.8 Å². The molecule has 35 heavy (non-hydrogen) atoms. The van der Waals surface area contributed by atoms with Crippen LogP contribution in [0.5, 0.6) is 0 Å². The highest BCUT2D eigenvalue weighted by Crippen LogP contribution is 2.23. The Bertz CT molecular complexity index is 1180. The van der Waals surface area contributed by atoms with Gasteiger partial charge in [0.1, 0.15) is 11.0 Å². The number of rotatable bonds is 7. The summed E-state index contributed by atoms with van der Waals surface area (Å²) in [6.45, 7) is 10.7. The largest absolute Gasteiger partial charge is 0.372 e. The van der Waals surface area contributed by atoms with Crippen molar-refractivity contribution in [2.75, 3.05) is 18.0 Å². The Morgan fingerprint density at radius 1 is 1.11 bits per heavy atom. The van der Waals surface area contributed by atoms with Gasteiger partial charge in [-0.2, -0.15) is 5.10 Å². The highest BCUT2D eigenvalue weighted by atomic mass is 35.5. The zero-order valence-electron chi connectivity index (χ0n) is 20.7. The Labute approximate surface area is 211 Å². The zero-order chi connectivity index (χ0) is 24.9. The van der Waals surface area contributed by atoms with E-state index in [0.717, 1.165) is 41.3 Å². The molecule has 1 aliphatic heterocycles. The molecule has 3 aromatic rings. The second kappa shape index (κ2) is 11.1. The van der Waals surface area contributed by atoms with E-state index >= 15 is 0 Å². The molecule has 1 fully saturated rings. The number of nitrogens with zero attached hydrogens (tertiary/aromatic N) is 4. The molecule has 0 radical (unpaired) electrons. The summed E-state index contributed by atoms with van der Waals surface area (Å²) in [6, 6.07) is 12.2. The third-order valence-corrected chi connectivity index (χ3v) is 6.38. The number of carbonyl (C=O) groups excluding carboxylic acids is 1. The predicted octanol–water partition coefficient (Wildman–Crippen LogP) is 4.54. The molecule has 1 aromatic carbocycles. The lowest BCUT2D eigenvalue weighted by molar-refractivity contribution is -0.116. The van der Waals surface area contributed by atoms with Crippen molar-refractivity contribution < 1.29 is 9.53 Å². The standard InChI is InChI=1S/C27H32ClN5O2/c1-18-5-7-22(8-6-18)17-33-27(28)24(21(4)31-33)10-12-26(34)30-14-23-9-11-25(29-13-23)32-15-19(2)35-20(3)16-32/h5-13,19-20H,14-17H2,1-4H3,(H,30,34). The first kappa shape index (κ1) is 24.9. The fraction of sp³-hybridized carbons (Fsp3) is 0.370. The number of hydrogen-bond donors (Lipinski definition) is 1. The maximum Gasteiger partial charge on any atom is 0.244 e. The Morgan fingerprint density at radius 2 is 1.80 bits per heavy atom. The van der Waals surface area contributed by atoms with Gasteiger partial charge in [0.25, 0.3) is 0 Å². The van der Waals surface area contributed by atoms with E-state index in [9.17, 15) is 4.79 Å². The summed E-state index contributed by atoms with van der Waals surface area (Å²) in [7, 11) is 0. The number of morpholine rings is 1. The number of benzene rings is 1. The number of amides is 1. The maximum atomic E-state index is 12.4. The summed E-state index contributed by atoms with van der Waals surface area (Å²) in [5, 5.41) is 7.95. The van der Waals surface area contributed by atoms with Crippen LogP contribution in [-0.2, 0) is 22.6 Å². The van der Waals surface area contributed by atoms with Crippen molar-refractivity contribution in [2.45, 2.75) is 53.0 Å². The Morgan fingerprint density at radius 3 is 2.46 bits per heavy atom. The third kappa shape index (κ3) is 6.50. The zero-order valence-corrected chi connectivity index (χ0v) is 21.4. The first-order valence-corrected chi connectivity index (χ1v) is 12.3. The summed E-state index contributed by atoms with van der Waals surface area (Å²) in [6.07, 6.45) is 5.37. The van der Waals surface area contributed by atoms with E-state index in [0.29, 0.717) is 18.2 Å². The fourth-order valence-electron chi connectivity index (χ4n) is 4.21. The van der Waals surface area contributed by atoms with Gasteiger partial charge in [-0.05, 0) is 51.0 Å².